The number of benzene rings is 2. The van der Waals surface area contributed by atoms with Crippen LogP contribution in [-0.2, 0) is 16.1 Å². The number of halogens is 1. The predicted molar refractivity (Wildman–Crippen MR) is 165 cm³/mol. The minimum Gasteiger partial charge on any atom is -0.486 e. The Morgan fingerprint density at radius 1 is 1.14 bits per heavy atom. The zero-order valence-electron chi connectivity index (χ0n) is 23.3. The van der Waals surface area contributed by atoms with Crippen molar-refractivity contribution in [3.8, 4) is 17.6 Å². The fraction of sp³-hybridized carbons (Fsp3) is 0.273. The highest BCUT2D eigenvalue weighted by Gasteiger charge is 2.56. The molecule has 216 valence electrons. The fourth-order valence-electron chi connectivity index (χ4n) is 5.73. The van der Waals surface area contributed by atoms with Crippen molar-refractivity contribution < 1.29 is 14.3 Å². The van der Waals surface area contributed by atoms with Crippen LogP contribution in [0.5, 0.6) is 5.75 Å². The number of nitrogens with zero attached hydrogens (tertiary/aromatic N) is 4. The van der Waals surface area contributed by atoms with Crippen LogP contribution in [0.25, 0.3) is 10.9 Å². The summed E-state index contributed by atoms with van der Waals surface area (Å²) in [6, 6.07) is 15.4. The van der Waals surface area contributed by atoms with Crippen LogP contribution in [-0.4, -0.2) is 58.1 Å². The first-order valence-electron chi connectivity index (χ1n) is 14.2. The van der Waals surface area contributed by atoms with Crippen molar-refractivity contribution in [3.63, 3.8) is 0 Å². The summed E-state index contributed by atoms with van der Waals surface area (Å²) in [5.41, 5.74) is 3.52. The fourth-order valence-corrected chi connectivity index (χ4v) is 5.96. The number of fused-ring (bicyclic) bond motifs is 2. The van der Waals surface area contributed by atoms with E-state index < -0.39 is 0 Å². The minimum atomic E-state index is -0.316. The Labute approximate surface area is 254 Å². The number of pyridine rings is 1. The number of rotatable bonds is 8. The average Bonchev–Trinajstić information content (AvgIpc) is 3.44. The van der Waals surface area contributed by atoms with Crippen LogP contribution in [0.15, 0.2) is 73.7 Å². The monoisotopic (exact) mass is 592 g/mol. The first-order chi connectivity index (χ1) is 21.1. The van der Waals surface area contributed by atoms with Gasteiger partial charge in [-0.1, -0.05) is 36.1 Å². The molecule has 10 heteroatoms. The van der Waals surface area contributed by atoms with E-state index >= 15 is 0 Å². The lowest BCUT2D eigenvalue weighted by atomic mass is 10.1. The van der Waals surface area contributed by atoms with E-state index in [9.17, 15) is 4.79 Å². The summed E-state index contributed by atoms with van der Waals surface area (Å²) in [7, 11) is 0. The lowest BCUT2D eigenvalue weighted by Gasteiger charge is -2.35. The Kier molecular flexibility index (Phi) is 7.41. The zero-order chi connectivity index (χ0) is 29.3. The van der Waals surface area contributed by atoms with Gasteiger partial charge in [0.2, 0.25) is 5.91 Å². The first-order valence-corrected chi connectivity index (χ1v) is 14.6. The molecule has 1 saturated carbocycles. The Bertz CT molecular complexity index is 1760. The number of hydrogen-bond donors (Lipinski definition) is 2. The second-order valence-corrected chi connectivity index (χ2v) is 11.4. The second-order valence-electron chi connectivity index (χ2n) is 11.0. The topological polar surface area (TPSA) is 102 Å². The van der Waals surface area contributed by atoms with Gasteiger partial charge in [0.1, 0.15) is 24.5 Å². The van der Waals surface area contributed by atoms with Gasteiger partial charge in [-0.2, -0.15) is 0 Å². The predicted octanol–water partition coefficient (Wildman–Crippen LogP) is 5.05. The van der Waals surface area contributed by atoms with E-state index in [-0.39, 0.29) is 5.91 Å². The van der Waals surface area contributed by atoms with Crippen LogP contribution in [0.1, 0.15) is 11.3 Å². The SMILES string of the molecule is C=CC(=O)Nc1cc2c(Nc3ccc(OCc4ccccn4)c(Cl)c3)ncnc2cc1C#C[C@H]1[C@H]2CN(C3COC3)C[C@@H]12. The molecule has 2 N–H and O–H groups in total. The van der Waals surface area contributed by atoms with E-state index in [0.717, 1.165) is 43.1 Å². The summed E-state index contributed by atoms with van der Waals surface area (Å²) in [4.78, 5) is 28.1. The molecule has 2 aliphatic heterocycles. The molecule has 0 unspecified atom stereocenters. The van der Waals surface area contributed by atoms with Crippen molar-refractivity contribution in [2.45, 2.75) is 12.6 Å². The molecule has 3 fully saturated rings. The summed E-state index contributed by atoms with van der Waals surface area (Å²) in [6.45, 7) is 7.76. The first kappa shape index (κ1) is 27.3. The molecule has 1 amide bonds. The quantitative estimate of drug-likeness (QED) is 0.216. The highest BCUT2D eigenvalue weighted by molar-refractivity contribution is 6.32. The van der Waals surface area contributed by atoms with Gasteiger partial charge in [-0.05, 0) is 60.4 Å². The second kappa shape index (κ2) is 11.7. The van der Waals surface area contributed by atoms with Crippen LogP contribution in [0.3, 0.4) is 0 Å². The standard InChI is InChI=1S/C33H29ClN6O3/c1-2-32(41)39-29-13-25-30(11-20(29)6-8-24-26-14-40(15-27(24)26)23-17-42-18-23)36-19-37-33(25)38-21-7-9-31(28(34)12-21)43-16-22-5-3-4-10-35-22/h2-5,7,9-13,19,23-24,26-27H,1,14-18H2,(H,39,41)(H,36,37,38)/t24-,26+,27-. The molecule has 4 heterocycles. The van der Waals surface area contributed by atoms with E-state index in [2.05, 4.69) is 48.9 Å². The molecule has 2 aromatic heterocycles. The normalized spacial score (nSPS) is 20.8. The molecule has 9 nitrogen and oxygen atoms in total. The van der Waals surface area contributed by atoms with E-state index in [0.29, 0.717) is 63.8 Å². The van der Waals surface area contributed by atoms with Crippen molar-refractivity contribution in [1.82, 2.24) is 19.9 Å². The van der Waals surface area contributed by atoms with Gasteiger partial charge in [-0.3, -0.25) is 14.7 Å². The molecule has 2 saturated heterocycles. The molecular formula is C33H29ClN6O3. The summed E-state index contributed by atoms with van der Waals surface area (Å²) >= 11 is 6.54. The Balaban J connectivity index is 1.11. The number of carbonyl (C=O) groups is 1. The van der Waals surface area contributed by atoms with E-state index in [1.807, 2.05) is 36.4 Å². The van der Waals surface area contributed by atoms with Gasteiger partial charge < -0.3 is 20.1 Å². The number of aromatic nitrogens is 3. The molecule has 0 spiro atoms. The summed E-state index contributed by atoms with van der Waals surface area (Å²) < 4.78 is 11.2. The molecule has 7 rings (SSSR count). The maximum atomic E-state index is 12.3. The highest BCUT2D eigenvalue weighted by atomic mass is 35.5. The van der Waals surface area contributed by atoms with E-state index in [4.69, 9.17) is 21.1 Å². The third-order valence-electron chi connectivity index (χ3n) is 8.25. The number of carbonyl (C=O) groups excluding carboxylic acids is 1. The van der Waals surface area contributed by atoms with E-state index in [1.165, 1.54) is 12.4 Å². The van der Waals surface area contributed by atoms with Crippen molar-refractivity contribution in [2.24, 2.45) is 17.8 Å². The van der Waals surface area contributed by atoms with Crippen LogP contribution in [0.4, 0.5) is 17.2 Å². The number of ether oxygens (including phenoxy) is 2. The van der Waals surface area contributed by atoms with Crippen LogP contribution in [0.2, 0.25) is 5.02 Å². The van der Waals surface area contributed by atoms with Crippen molar-refractivity contribution in [1.29, 1.82) is 0 Å². The number of hydrogen-bond acceptors (Lipinski definition) is 8. The Hall–Kier alpha value is -4.49. The van der Waals surface area contributed by atoms with Gasteiger partial charge in [-0.25, -0.2) is 9.97 Å². The minimum absolute atomic E-state index is 0.310. The summed E-state index contributed by atoms with van der Waals surface area (Å²) in [6.07, 6.45) is 4.46. The Morgan fingerprint density at radius 3 is 2.72 bits per heavy atom. The molecule has 2 aromatic carbocycles. The van der Waals surface area contributed by atoms with Gasteiger partial charge in [0.05, 0.1) is 46.7 Å². The molecule has 3 atom stereocenters. The highest BCUT2D eigenvalue weighted by Crippen LogP contribution is 2.52. The van der Waals surface area contributed by atoms with Gasteiger partial charge in [0, 0.05) is 36.3 Å². The smallest absolute Gasteiger partial charge is 0.247 e. The maximum Gasteiger partial charge on any atom is 0.247 e. The number of amides is 1. The third kappa shape index (κ3) is 5.77. The van der Waals surface area contributed by atoms with Crippen molar-refractivity contribution >= 4 is 45.6 Å². The molecule has 43 heavy (non-hydrogen) atoms. The summed E-state index contributed by atoms with van der Waals surface area (Å²) in [5, 5.41) is 7.41. The molecular weight excluding hydrogens is 564 g/mol. The molecule has 1 aliphatic carbocycles. The largest absolute Gasteiger partial charge is 0.486 e. The summed E-state index contributed by atoms with van der Waals surface area (Å²) in [5.74, 6) is 9.21. The zero-order valence-corrected chi connectivity index (χ0v) is 24.1. The third-order valence-corrected chi connectivity index (χ3v) is 8.54. The molecule has 3 aliphatic rings. The molecule has 4 aromatic rings. The van der Waals surface area contributed by atoms with Crippen LogP contribution in [0, 0.1) is 29.6 Å². The lowest BCUT2D eigenvalue weighted by molar-refractivity contribution is -0.111. The lowest BCUT2D eigenvalue weighted by Crippen LogP contribution is -2.48. The van der Waals surface area contributed by atoms with Crippen LogP contribution < -0.4 is 15.4 Å². The van der Waals surface area contributed by atoms with Crippen molar-refractivity contribution in [2.75, 3.05) is 36.9 Å². The van der Waals surface area contributed by atoms with Gasteiger partial charge >= 0.3 is 0 Å². The average molecular weight is 593 g/mol. The number of piperidine rings is 1. The number of anilines is 3. The van der Waals surface area contributed by atoms with Gasteiger partial charge in [-0.15, -0.1) is 0 Å². The molecule has 0 radical (unpaired) electrons. The molecule has 0 bridgehead atoms. The van der Waals surface area contributed by atoms with Crippen molar-refractivity contribution in [3.05, 3.63) is 90.0 Å². The number of likely N-dealkylation sites (tertiary alicyclic amines) is 1. The van der Waals surface area contributed by atoms with E-state index in [1.54, 1.807) is 18.3 Å². The maximum absolute atomic E-state index is 12.3. The Morgan fingerprint density at radius 2 is 2.00 bits per heavy atom. The van der Waals surface area contributed by atoms with Gasteiger partial charge in [0.25, 0.3) is 0 Å². The number of nitrogens with one attached hydrogen (secondary N) is 2. The van der Waals surface area contributed by atoms with Crippen LogP contribution >= 0.6 is 11.6 Å². The van der Waals surface area contributed by atoms with Gasteiger partial charge in [0.15, 0.2) is 0 Å².